The van der Waals surface area contributed by atoms with Crippen molar-refractivity contribution in [3.05, 3.63) is 58.6 Å². The number of hydrogen-bond donors (Lipinski definition) is 0. The van der Waals surface area contributed by atoms with Gasteiger partial charge in [-0.3, -0.25) is 10.1 Å². The van der Waals surface area contributed by atoms with E-state index >= 15 is 0 Å². The van der Waals surface area contributed by atoms with Crippen LogP contribution in [-0.2, 0) is 0 Å². The molecule has 0 spiro atoms. The minimum absolute atomic E-state index is 0.0390. The van der Waals surface area contributed by atoms with E-state index in [-0.39, 0.29) is 5.69 Å². The Morgan fingerprint density at radius 2 is 0.962 bits per heavy atom. The second-order valence-corrected chi connectivity index (χ2v) is 3.53. The van der Waals surface area contributed by atoms with E-state index in [2.05, 4.69) is 0 Å². The van der Waals surface area contributed by atoms with Crippen LogP contribution in [0, 0.1) is 10.1 Å². The summed E-state index contributed by atoms with van der Waals surface area (Å²) >= 11 is 0. The van der Waals surface area contributed by atoms with Gasteiger partial charge in [0.15, 0.2) is 0 Å². The molecule has 2 rings (SSSR count). The van der Waals surface area contributed by atoms with E-state index in [0.717, 1.165) is 5.75 Å². The number of rotatable bonds is 4. The van der Waals surface area contributed by atoms with E-state index in [1.165, 1.54) is 12.1 Å². The number of non-ortho nitro benzene ring substituents is 1. The number of nitro benzene ring substituents is 1. The second-order valence-electron chi connectivity index (χ2n) is 3.53. The van der Waals surface area contributed by atoms with E-state index in [9.17, 15) is 10.1 Å². The third-order valence-electron chi connectivity index (χ3n) is 2.34. The molecule has 0 unspecified atom stereocenters. The molecule has 0 heterocycles. The first-order valence-corrected chi connectivity index (χ1v) is 9.25. The maximum absolute atomic E-state index is 10.5. The zero-order chi connectivity index (χ0) is 21.0. The molecule has 0 saturated heterocycles. The number of ether oxygens (including phenoxy) is 2. The Hall–Kier alpha value is -2.56. The van der Waals surface area contributed by atoms with Gasteiger partial charge in [-0.2, -0.15) is 0 Å². The zero-order valence-electron chi connectivity index (χ0n) is 17.7. The second kappa shape index (κ2) is 20.5. The molecular formula is C21H35NO4. The molecular weight excluding hydrogens is 330 g/mol. The number of benzene rings is 2. The molecule has 0 amide bonds. The fraction of sp³-hybridized carbons (Fsp3) is 0.429. The van der Waals surface area contributed by atoms with Crippen molar-refractivity contribution < 1.29 is 14.4 Å². The molecule has 0 saturated carbocycles. The fourth-order valence-electron chi connectivity index (χ4n) is 1.42. The van der Waals surface area contributed by atoms with Gasteiger partial charge in [0.2, 0.25) is 0 Å². The first kappa shape index (κ1) is 28.3. The molecule has 0 atom stereocenters. The maximum atomic E-state index is 10.5. The van der Waals surface area contributed by atoms with Gasteiger partial charge in [0.25, 0.3) is 5.69 Å². The van der Waals surface area contributed by atoms with Crippen LogP contribution in [-0.4, -0.2) is 12.0 Å². The minimum Gasteiger partial charge on any atom is -0.497 e. The van der Waals surface area contributed by atoms with Crippen molar-refractivity contribution in [2.45, 2.75) is 55.4 Å². The first-order valence-electron chi connectivity index (χ1n) is 9.25. The van der Waals surface area contributed by atoms with Gasteiger partial charge < -0.3 is 9.47 Å². The van der Waals surface area contributed by atoms with Gasteiger partial charge in [-0.25, -0.2) is 0 Å². The molecule has 5 nitrogen and oxygen atoms in total. The van der Waals surface area contributed by atoms with Crippen LogP contribution in [0.2, 0.25) is 0 Å². The van der Waals surface area contributed by atoms with Crippen LogP contribution in [0.3, 0.4) is 0 Å². The van der Waals surface area contributed by atoms with E-state index < -0.39 is 4.92 Å². The lowest BCUT2D eigenvalue weighted by molar-refractivity contribution is -0.384. The van der Waals surface area contributed by atoms with Crippen LogP contribution in [0.15, 0.2) is 48.5 Å². The van der Waals surface area contributed by atoms with Crippen molar-refractivity contribution in [1.82, 2.24) is 0 Å². The quantitative estimate of drug-likeness (QED) is 0.415. The van der Waals surface area contributed by atoms with E-state index in [1.807, 2.05) is 55.4 Å². The Labute approximate surface area is 159 Å². The summed E-state index contributed by atoms with van der Waals surface area (Å²) in [5, 5.41) is 10.5. The topological polar surface area (TPSA) is 61.6 Å². The van der Waals surface area contributed by atoms with Crippen LogP contribution in [0.25, 0.3) is 0 Å². The molecule has 0 aliphatic carbocycles. The highest BCUT2D eigenvalue weighted by atomic mass is 16.6. The molecule has 0 radical (unpaired) electrons. The summed E-state index contributed by atoms with van der Waals surface area (Å²) in [6.45, 7) is 16.0. The molecule has 0 aliphatic heterocycles. The predicted molar refractivity (Wildman–Crippen MR) is 112 cm³/mol. The Morgan fingerprint density at radius 3 is 1.27 bits per heavy atom. The van der Waals surface area contributed by atoms with Crippen molar-refractivity contribution in [3.8, 4) is 17.2 Å². The lowest BCUT2D eigenvalue weighted by Gasteiger charge is -2.06. The summed E-state index contributed by atoms with van der Waals surface area (Å²) in [5.74, 6) is 1.93. The molecule has 148 valence electrons. The van der Waals surface area contributed by atoms with Crippen molar-refractivity contribution in [2.24, 2.45) is 0 Å². The van der Waals surface area contributed by atoms with Crippen LogP contribution in [0.4, 0.5) is 5.69 Å². The molecule has 0 fully saturated rings. The Balaban J connectivity index is -0.000000585. The molecule has 5 heteroatoms. The molecule has 0 aromatic heterocycles. The lowest BCUT2D eigenvalue weighted by atomic mass is 10.3. The molecule has 26 heavy (non-hydrogen) atoms. The Kier molecular flexibility index (Phi) is 22.3. The Morgan fingerprint density at radius 1 is 0.654 bits per heavy atom. The SMILES string of the molecule is CC.CC.CC.CC.COc1ccc(Oc2ccc([N+](=O)[O-])cc2)cc1. The van der Waals surface area contributed by atoms with Crippen LogP contribution in [0.1, 0.15) is 55.4 Å². The molecule has 2 aromatic carbocycles. The van der Waals surface area contributed by atoms with Crippen LogP contribution >= 0.6 is 0 Å². The predicted octanol–water partition coefficient (Wildman–Crippen LogP) is 7.50. The lowest BCUT2D eigenvalue weighted by Crippen LogP contribution is -1.88. The minimum atomic E-state index is -0.447. The van der Waals surface area contributed by atoms with Crippen molar-refractivity contribution in [1.29, 1.82) is 0 Å². The van der Waals surface area contributed by atoms with Gasteiger partial charge in [-0.1, -0.05) is 55.4 Å². The summed E-state index contributed by atoms with van der Waals surface area (Å²) in [6.07, 6.45) is 0. The summed E-state index contributed by atoms with van der Waals surface area (Å²) in [7, 11) is 1.59. The number of hydrogen-bond acceptors (Lipinski definition) is 4. The summed E-state index contributed by atoms with van der Waals surface area (Å²) in [4.78, 5) is 10.0. The van der Waals surface area contributed by atoms with Crippen LogP contribution in [0.5, 0.6) is 17.2 Å². The average Bonchev–Trinajstić information content (AvgIpc) is 2.75. The molecule has 0 bridgehead atoms. The number of methoxy groups -OCH3 is 1. The third-order valence-corrected chi connectivity index (χ3v) is 2.34. The van der Waals surface area contributed by atoms with Gasteiger partial charge in [0, 0.05) is 12.1 Å². The smallest absolute Gasteiger partial charge is 0.269 e. The highest BCUT2D eigenvalue weighted by Crippen LogP contribution is 2.25. The van der Waals surface area contributed by atoms with Gasteiger partial charge in [0.1, 0.15) is 17.2 Å². The fourth-order valence-corrected chi connectivity index (χ4v) is 1.42. The normalized spacial score (nSPS) is 7.73. The van der Waals surface area contributed by atoms with Crippen molar-refractivity contribution >= 4 is 5.69 Å². The largest absolute Gasteiger partial charge is 0.497 e. The first-order chi connectivity index (χ1) is 12.7. The van der Waals surface area contributed by atoms with Gasteiger partial charge in [-0.05, 0) is 36.4 Å². The third kappa shape index (κ3) is 11.9. The average molecular weight is 366 g/mol. The number of nitro groups is 1. The number of nitrogens with zero attached hydrogens (tertiary/aromatic N) is 1. The summed E-state index contributed by atoms with van der Waals surface area (Å²) in [6, 6.07) is 13.0. The van der Waals surface area contributed by atoms with Gasteiger partial charge >= 0.3 is 0 Å². The molecule has 2 aromatic rings. The van der Waals surface area contributed by atoms with Crippen molar-refractivity contribution in [3.63, 3.8) is 0 Å². The molecule has 0 N–H and O–H groups in total. The monoisotopic (exact) mass is 365 g/mol. The van der Waals surface area contributed by atoms with Crippen molar-refractivity contribution in [2.75, 3.05) is 7.11 Å². The Bertz CT molecular complexity index is 537. The zero-order valence-corrected chi connectivity index (χ0v) is 17.7. The van der Waals surface area contributed by atoms with E-state index in [1.54, 1.807) is 43.5 Å². The summed E-state index contributed by atoms with van der Waals surface area (Å²) in [5.41, 5.74) is 0.0390. The van der Waals surface area contributed by atoms with Gasteiger partial charge in [-0.15, -0.1) is 0 Å². The van der Waals surface area contributed by atoms with Gasteiger partial charge in [0.05, 0.1) is 12.0 Å². The highest BCUT2D eigenvalue weighted by Gasteiger charge is 2.05. The maximum Gasteiger partial charge on any atom is 0.269 e. The van der Waals surface area contributed by atoms with E-state index in [4.69, 9.17) is 9.47 Å². The highest BCUT2D eigenvalue weighted by molar-refractivity contribution is 5.39. The van der Waals surface area contributed by atoms with Crippen LogP contribution < -0.4 is 9.47 Å². The summed E-state index contributed by atoms with van der Waals surface area (Å²) < 4.78 is 10.6. The standard InChI is InChI=1S/C13H11NO4.4C2H6/c1-17-11-6-8-13(9-7-11)18-12-4-2-10(3-5-12)14(15)16;4*1-2/h2-9H,1H3;4*1-2H3. The van der Waals surface area contributed by atoms with E-state index in [0.29, 0.717) is 11.5 Å². The molecule has 0 aliphatic rings.